The van der Waals surface area contributed by atoms with Crippen molar-refractivity contribution in [3.63, 3.8) is 0 Å². The Labute approximate surface area is 116 Å². The van der Waals surface area contributed by atoms with Gasteiger partial charge in [0.2, 0.25) is 0 Å². The van der Waals surface area contributed by atoms with Crippen molar-refractivity contribution >= 4 is 0 Å². The van der Waals surface area contributed by atoms with Crippen LogP contribution in [0.1, 0.15) is 18.5 Å². The third-order valence-electron chi connectivity index (χ3n) is 2.64. The van der Waals surface area contributed by atoms with Gasteiger partial charge in [0.15, 0.2) is 11.6 Å². The van der Waals surface area contributed by atoms with Gasteiger partial charge in [0.25, 0.3) is 0 Å². The minimum atomic E-state index is -1.22. The summed E-state index contributed by atoms with van der Waals surface area (Å²) in [5, 5.41) is 2.94. The van der Waals surface area contributed by atoms with E-state index >= 15 is 0 Å². The molecule has 20 heavy (non-hydrogen) atoms. The molecule has 0 radical (unpaired) electrons. The van der Waals surface area contributed by atoms with Gasteiger partial charge >= 0.3 is 0 Å². The van der Waals surface area contributed by atoms with Crippen LogP contribution in [-0.2, 0) is 4.74 Å². The SMILES string of the molecule is C=C(C)COCCNC(CN)c1cc(F)c(F)cc1F. The Morgan fingerprint density at radius 2 is 1.95 bits per heavy atom. The number of nitrogens with two attached hydrogens (primary N) is 1. The lowest BCUT2D eigenvalue weighted by Gasteiger charge is -2.18. The third kappa shape index (κ3) is 4.96. The first-order valence-corrected chi connectivity index (χ1v) is 6.25. The minimum Gasteiger partial charge on any atom is -0.376 e. The van der Waals surface area contributed by atoms with Gasteiger partial charge in [-0.1, -0.05) is 12.2 Å². The normalized spacial score (nSPS) is 12.4. The monoisotopic (exact) mass is 288 g/mol. The highest BCUT2D eigenvalue weighted by molar-refractivity contribution is 5.23. The zero-order valence-corrected chi connectivity index (χ0v) is 11.4. The molecule has 6 heteroatoms. The van der Waals surface area contributed by atoms with Crippen LogP contribution < -0.4 is 11.1 Å². The predicted molar refractivity (Wildman–Crippen MR) is 71.7 cm³/mol. The van der Waals surface area contributed by atoms with Gasteiger partial charge in [-0.05, 0) is 13.0 Å². The van der Waals surface area contributed by atoms with Crippen molar-refractivity contribution in [1.82, 2.24) is 5.32 Å². The molecule has 0 spiro atoms. The van der Waals surface area contributed by atoms with Gasteiger partial charge in [-0.3, -0.25) is 0 Å². The molecule has 0 amide bonds. The molecule has 0 aliphatic heterocycles. The summed E-state index contributed by atoms with van der Waals surface area (Å²) in [6.07, 6.45) is 0. The predicted octanol–water partition coefficient (Wildman–Crippen LogP) is 2.29. The maximum Gasteiger partial charge on any atom is 0.161 e. The van der Waals surface area contributed by atoms with Crippen molar-refractivity contribution in [3.05, 3.63) is 47.3 Å². The second kappa shape index (κ2) is 8.04. The fraction of sp³-hybridized carbons (Fsp3) is 0.429. The lowest BCUT2D eigenvalue weighted by molar-refractivity contribution is 0.155. The first-order chi connectivity index (χ1) is 9.45. The Morgan fingerprint density at radius 1 is 1.30 bits per heavy atom. The first kappa shape index (κ1) is 16.7. The largest absolute Gasteiger partial charge is 0.376 e. The number of benzene rings is 1. The summed E-state index contributed by atoms with van der Waals surface area (Å²) < 4.78 is 44.9. The quantitative estimate of drug-likeness (QED) is 0.438. The molecule has 1 aromatic rings. The Kier molecular flexibility index (Phi) is 6.70. The van der Waals surface area contributed by atoms with Crippen LogP contribution in [0, 0.1) is 17.5 Å². The van der Waals surface area contributed by atoms with E-state index in [0.29, 0.717) is 25.8 Å². The van der Waals surface area contributed by atoms with Gasteiger partial charge in [-0.2, -0.15) is 0 Å². The molecule has 112 valence electrons. The zero-order chi connectivity index (χ0) is 15.1. The van der Waals surface area contributed by atoms with E-state index in [2.05, 4.69) is 11.9 Å². The van der Waals surface area contributed by atoms with Crippen molar-refractivity contribution in [1.29, 1.82) is 0 Å². The summed E-state index contributed by atoms with van der Waals surface area (Å²) in [5.41, 5.74) is 6.43. The molecule has 0 aromatic heterocycles. The van der Waals surface area contributed by atoms with Crippen LogP contribution in [0.25, 0.3) is 0 Å². The van der Waals surface area contributed by atoms with E-state index in [0.717, 1.165) is 11.6 Å². The summed E-state index contributed by atoms with van der Waals surface area (Å²) in [5.74, 6) is -3.14. The Morgan fingerprint density at radius 3 is 2.55 bits per heavy atom. The molecule has 1 aromatic carbocycles. The molecular weight excluding hydrogens is 269 g/mol. The molecule has 0 saturated heterocycles. The molecule has 0 bridgehead atoms. The lowest BCUT2D eigenvalue weighted by atomic mass is 10.1. The van der Waals surface area contributed by atoms with Gasteiger partial charge < -0.3 is 15.8 Å². The molecule has 0 heterocycles. The molecule has 0 aliphatic rings. The summed E-state index contributed by atoms with van der Waals surface area (Å²) in [6.45, 7) is 6.82. The number of hydrogen-bond donors (Lipinski definition) is 2. The fourth-order valence-electron chi connectivity index (χ4n) is 1.68. The molecule has 0 fully saturated rings. The number of rotatable bonds is 8. The summed E-state index contributed by atoms with van der Waals surface area (Å²) in [6, 6.07) is 0.745. The van der Waals surface area contributed by atoms with Crippen LogP contribution in [-0.4, -0.2) is 26.3 Å². The Hall–Kier alpha value is -1.37. The third-order valence-corrected chi connectivity index (χ3v) is 2.64. The number of nitrogens with one attached hydrogen (secondary N) is 1. The van der Waals surface area contributed by atoms with Crippen LogP contribution in [0.5, 0.6) is 0 Å². The minimum absolute atomic E-state index is 0.00583. The van der Waals surface area contributed by atoms with Gasteiger partial charge in [0.05, 0.1) is 13.2 Å². The molecule has 3 nitrogen and oxygen atoms in total. The standard InChI is InChI=1S/C14H19F3N2O/c1-9(2)8-20-4-3-19-14(7-18)10-5-12(16)13(17)6-11(10)15/h5-6,14,19H,1,3-4,7-8,18H2,2H3. The second-order valence-electron chi connectivity index (χ2n) is 4.54. The van der Waals surface area contributed by atoms with Crippen molar-refractivity contribution in [2.75, 3.05) is 26.3 Å². The molecular formula is C14H19F3N2O. The van der Waals surface area contributed by atoms with Crippen LogP contribution in [0.2, 0.25) is 0 Å². The highest BCUT2D eigenvalue weighted by Gasteiger charge is 2.17. The lowest BCUT2D eigenvalue weighted by Crippen LogP contribution is -2.31. The highest BCUT2D eigenvalue weighted by atomic mass is 19.2. The van der Waals surface area contributed by atoms with E-state index in [4.69, 9.17) is 10.5 Å². The zero-order valence-electron chi connectivity index (χ0n) is 11.4. The second-order valence-corrected chi connectivity index (χ2v) is 4.54. The number of halogens is 3. The maximum absolute atomic E-state index is 13.6. The van der Waals surface area contributed by atoms with Crippen LogP contribution in [0.4, 0.5) is 13.2 Å². The molecule has 1 rings (SSSR count). The van der Waals surface area contributed by atoms with E-state index in [1.165, 1.54) is 0 Å². The number of hydrogen-bond acceptors (Lipinski definition) is 3. The van der Waals surface area contributed by atoms with Gasteiger partial charge in [0.1, 0.15) is 5.82 Å². The van der Waals surface area contributed by atoms with Crippen molar-refractivity contribution in [2.45, 2.75) is 13.0 Å². The molecule has 0 saturated carbocycles. The average Bonchev–Trinajstić information content (AvgIpc) is 2.38. The van der Waals surface area contributed by atoms with E-state index in [9.17, 15) is 13.2 Å². The smallest absolute Gasteiger partial charge is 0.161 e. The fourth-order valence-corrected chi connectivity index (χ4v) is 1.68. The Balaban J connectivity index is 2.58. The van der Waals surface area contributed by atoms with Gasteiger partial charge in [0, 0.05) is 30.8 Å². The summed E-state index contributed by atoms with van der Waals surface area (Å²) >= 11 is 0. The highest BCUT2D eigenvalue weighted by Crippen LogP contribution is 2.19. The van der Waals surface area contributed by atoms with Crippen LogP contribution in [0.15, 0.2) is 24.3 Å². The van der Waals surface area contributed by atoms with E-state index in [1.54, 1.807) is 0 Å². The number of ether oxygens (including phenoxy) is 1. The van der Waals surface area contributed by atoms with Crippen molar-refractivity contribution < 1.29 is 17.9 Å². The molecule has 1 atom stereocenters. The maximum atomic E-state index is 13.6. The molecule has 0 aliphatic carbocycles. The Bertz CT molecular complexity index is 466. The first-order valence-electron chi connectivity index (χ1n) is 6.25. The van der Waals surface area contributed by atoms with E-state index in [-0.39, 0.29) is 12.1 Å². The average molecular weight is 288 g/mol. The summed E-state index contributed by atoms with van der Waals surface area (Å²) in [7, 11) is 0. The van der Waals surface area contributed by atoms with Gasteiger partial charge in [-0.25, -0.2) is 13.2 Å². The van der Waals surface area contributed by atoms with Crippen LogP contribution in [0.3, 0.4) is 0 Å². The van der Waals surface area contributed by atoms with Crippen LogP contribution >= 0.6 is 0 Å². The molecule has 3 N–H and O–H groups in total. The van der Waals surface area contributed by atoms with E-state index in [1.807, 2.05) is 6.92 Å². The topological polar surface area (TPSA) is 47.3 Å². The molecule has 1 unspecified atom stereocenters. The van der Waals surface area contributed by atoms with Crippen molar-refractivity contribution in [3.8, 4) is 0 Å². The van der Waals surface area contributed by atoms with E-state index < -0.39 is 23.5 Å². The van der Waals surface area contributed by atoms with Crippen molar-refractivity contribution in [2.24, 2.45) is 5.73 Å². The van der Waals surface area contributed by atoms with Gasteiger partial charge in [-0.15, -0.1) is 0 Å². The summed E-state index contributed by atoms with van der Waals surface area (Å²) in [4.78, 5) is 0.